The molecule has 0 atom stereocenters. The molecule has 0 spiro atoms. The summed E-state index contributed by atoms with van der Waals surface area (Å²) in [6.45, 7) is 4.17. The van der Waals surface area contributed by atoms with Crippen LogP contribution in [0.1, 0.15) is 18.4 Å². The highest BCUT2D eigenvalue weighted by atomic mass is 19.1. The molecule has 1 aromatic carbocycles. The van der Waals surface area contributed by atoms with E-state index in [1.54, 1.807) is 19.2 Å². The summed E-state index contributed by atoms with van der Waals surface area (Å²) in [5.41, 5.74) is 1.41. The number of benzene rings is 1. The molecule has 1 heterocycles. The fourth-order valence-electron chi connectivity index (χ4n) is 2.78. The molecule has 1 aliphatic heterocycles. The Hall–Kier alpha value is -0.970. The summed E-state index contributed by atoms with van der Waals surface area (Å²) in [6, 6.07) is 6.87. The molecule has 2 rings (SSSR count). The molecular weight excluding hydrogens is 257 g/mol. The number of rotatable bonds is 7. The third-order valence-electron chi connectivity index (χ3n) is 4.03. The Morgan fingerprint density at radius 2 is 1.95 bits per heavy atom. The van der Waals surface area contributed by atoms with Gasteiger partial charge >= 0.3 is 0 Å². The van der Waals surface area contributed by atoms with Crippen molar-refractivity contribution in [3.8, 4) is 0 Å². The van der Waals surface area contributed by atoms with E-state index in [0.717, 1.165) is 52.2 Å². The molecule has 1 aliphatic rings. The molecular formula is C16H24FNO2. The maximum Gasteiger partial charge on any atom is 0.123 e. The first-order valence-corrected chi connectivity index (χ1v) is 7.26. The van der Waals surface area contributed by atoms with E-state index >= 15 is 0 Å². The summed E-state index contributed by atoms with van der Waals surface area (Å²) < 4.78 is 23.6. The van der Waals surface area contributed by atoms with E-state index in [-0.39, 0.29) is 11.2 Å². The molecule has 0 saturated carbocycles. The molecule has 1 N–H and O–H groups in total. The predicted molar refractivity (Wildman–Crippen MR) is 77.3 cm³/mol. The summed E-state index contributed by atoms with van der Waals surface area (Å²) in [4.78, 5) is 0. The highest BCUT2D eigenvalue weighted by Crippen LogP contribution is 2.33. The number of halogens is 1. The van der Waals surface area contributed by atoms with E-state index in [1.165, 1.54) is 5.56 Å². The maximum atomic E-state index is 13.0. The molecule has 1 saturated heterocycles. The first-order valence-electron chi connectivity index (χ1n) is 7.26. The smallest absolute Gasteiger partial charge is 0.123 e. The second kappa shape index (κ2) is 7.72. The van der Waals surface area contributed by atoms with E-state index in [1.807, 2.05) is 12.1 Å². The van der Waals surface area contributed by atoms with Crippen molar-refractivity contribution in [1.29, 1.82) is 0 Å². The van der Waals surface area contributed by atoms with E-state index < -0.39 is 0 Å². The minimum Gasteiger partial charge on any atom is -0.383 e. The van der Waals surface area contributed by atoms with Crippen LogP contribution in [0.5, 0.6) is 0 Å². The number of nitrogens with one attached hydrogen (secondary N) is 1. The van der Waals surface area contributed by atoms with E-state index in [2.05, 4.69) is 5.32 Å². The standard InChI is InChI=1S/C16H24FNO2/c1-19-11-8-18-13-16(6-9-20-10-7-16)12-14-2-4-15(17)5-3-14/h2-5,18H,6-13H2,1H3. The van der Waals surface area contributed by atoms with Crippen LogP contribution in [0.3, 0.4) is 0 Å². The zero-order valence-corrected chi connectivity index (χ0v) is 12.2. The fourth-order valence-corrected chi connectivity index (χ4v) is 2.78. The lowest BCUT2D eigenvalue weighted by Crippen LogP contribution is -2.41. The Morgan fingerprint density at radius 1 is 1.25 bits per heavy atom. The van der Waals surface area contributed by atoms with Gasteiger partial charge in [0.25, 0.3) is 0 Å². The van der Waals surface area contributed by atoms with Gasteiger partial charge in [-0.3, -0.25) is 0 Å². The van der Waals surface area contributed by atoms with Crippen molar-refractivity contribution in [2.45, 2.75) is 19.3 Å². The third kappa shape index (κ3) is 4.54. The molecule has 0 unspecified atom stereocenters. The summed E-state index contributed by atoms with van der Waals surface area (Å²) in [5.74, 6) is -0.173. The number of ether oxygens (including phenoxy) is 2. The zero-order chi connectivity index (χ0) is 14.3. The van der Waals surface area contributed by atoms with Gasteiger partial charge in [-0.1, -0.05) is 12.1 Å². The van der Waals surface area contributed by atoms with Crippen LogP contribution in [0.25, 0.3) is 0 Å². The average Bonchev–Trinajstić information content (AvgIpc) is 2.47. The SMILES string of the molecule is COCCNCC1(Cc2ccc(F)cc2)CCOCC1. The lowest BCUT2D eigenvalue weighted by molar-refractivity contribution is 0.0143. The van der Waals surface area contributed by atoms with Crippen molar-refractivity contribution in [1.82, 2.24) is 5.32 Å². The van der Waals surface area contributed by atoms with Gasteiger partial charge in [-0.05, 0) is 42.4 Å². The first-order chi connectivity index (χ1) is 9.74. The number of hydrogen-bond donors (Lipinski definition) is 1. The van der Waals surface area contributed by atoms with Crippen LogP contribution < -0.4 is 5.32 Å². The van der Waals surface area contributed by atoms with Crippen LogP contribution in [0, 0.1) is 11.2 Å². The van der Waals surface area contributed by atoms with Crippen LogP contribution in [0.2, 0.25) is 0 Å². The Balaban J connectivity index is 1.96. The Morgan fingerprint density at radius 3 is 2.60 bits per heavy atom. The van der Waals surface area contributed by atoms with Crippen molar-refractivity contribution >= 4 is 0 Å². The lowest BCUT2D eigenvalue weighted by atomic mass is 9.75. The molecule has 1 aromatic rings. The van der Waals surface area contributed by atoms with Crippen LogP contribution in [-0.2, 0) is 15.9 Å². The van der Waals surface area contributed by atoms with Crippen LogP contribution in [0.15, 0.2) is 24.3 Å². The largest absolute Gasteiger partial charge is 0.383 e. The van der Waals surface area contributed by atoms with Crippen LogP contribution >= 0.6 is 0 Å². The Bertz CT molecular complexity index is 388. The average molecular weight is 281 g/mol. The van der Waals surface area contributed by atoms with Gasteiger partial charge in [0.05, 0.1) is 6.61 Å². The second-order valence-electron chi connectivity index (χ2n) is 5.59. The highest BCUT2D eigenvalue weighted by molar-refractivity contribution is 5.18. The zero-order valence-electron chi connectivity index (χ0n) is 12.2. The van der Waals surface area contributed by atoms with Crippen LogP contribution in [0.4, 0.5) is 4.39 Å². The fraction of sp³-hybridized carbons (Fsp3) is 0.625. The van der Waals surface area contributed by atoms with Gasteiger partial charge < -0.3 is 14.8 Å². The van der Waals surface area contributed by atoms with Crippen LogP contribution in [-0.4, -0.2) is 40.0 Å². The third-order valence-corrected chi connectivity index (χ3v) is 4.03. The van der Waals surface area contributed by atoms with Gasteiger partial charge in [-0.2, -0.15) is 0 Å². The minimum atomic E-state index is -0.173. The summed E-state index contributed by atoms with van der Waals surface area (Å²) in [7, 11) is 1.71. The van der Waals surface area contributed by atoms with Crippen molar-refractivity contribution in [3.63, 3.8) is 0 Å². The molecule has 3 nitrogen and oxygen atoms in total. The van der Waals surface area contributed by atoms with E-state index in [9.17, 15) is 4.39 Å². The normalized spacial score (nSPS) is 18.1. The van der Waals surface area contributed by atoms with Gasteiger partial charge in [0.2, 0.25) is 0 Å². The van der Waals surface area contributed by atoms with Gasteiger partial charge in [0.15, 0.2) is 0 Å². The van der Waals surface area contributed by atoms with E-state index in [4.69, 9.17) is 9.47 Å². The van der Waals surface area contributed by atoms with Crippen molar-refractivity contribution in [3.05, 3.63) is 35.6 Å². The molecule has 0 amide bonds. The first kappa shape index (κ1) is 15.4. The molecule has 1 fully saturated rings. The van der Waals surface area contributed by atoms with Crippen molar-refractivity contribution in [2.24, 2.45) is 5.41 Å². The van der Waals surface area contributed by atoms with Gasteiger partial charge in [0, 0.05) is 33.4 Å². The predicted octanol–water partition coefficient (Wildman–Crippen LogP) is 2.40. The molecule has 4 heteroatoms. The second-order valence-corrected chi connectivity index (χ2v) is 5.59. The monoisotopic (exact) mass is 281 g/mol. The molecule has 112 valence electrons. The number of hydrogen-bond acceptors (Lipinski definition) is 3. The van der Waals surface area contributed by atoms with Gasteiger partial charge in [-0.25, -0.2) is 4.39 Å². The highest BCUT2D eigenvalue weighted by Gasteiger charge is 2.32. The van der Waals surface area contributed by atoms with Crippen molar-refractivity contribution < 1.29 is 13.9 Å². The number of methoxy groups -OCH3 is 1. The Kier molecular flexibility index (Phi) is 5.95. The Labute approximate surface area is 120 Å². The molecule has 0 aromatic heterocycles. The maximum absolute atomic E-state index is 13.0. The van der Waals surface area contributed by atoms with Gasteiger partial charge in [-0.15, -0.1) is 0 Å². The minimum absolute atomic E-state index is 0.173. The van der Waals surface area contributed by atoms with E-state index in [0.29, 0.717) is 0 Å². The topological polar surface area (TPSA) is 30.5 Å². The molecule has 0 radical (unpaired) electrons. The molecule has 0 bridgehead atoms. The van der Waals surface area contributed by atoms with Crippen molar-refractivity contribution in [2.75, 3.05) is 40.0 Å². The summed E-state index contributed by atoms with van der Waals surface area (Å²) in [5, 5.41) is 3.47. The molecule has 0 aliphatic carbocycles. The lowest BCUT2D eigenvalue weighted by Gasteiger charge is -2.37. The molecule has 20 heavy (non-hydrogen) atoms. The summed E-state index contributed by atoms with van der Waals surface area (Å²) in [6.07, 6.45) is 3.06. The summed E-state index contributed by atoms with van der Waals surface area (Å²) >= 11 is 0. The quantitative estimate of drug-likeness (QED) is 0.779. The van der Waals surface area contributed by atoms with Gasteiger partial charge in [0.1, 0.15) is 5.82 Å².